The SMILES string of the molecule is COc1cc([PH]2(O)CCC(N)CC2)ccc1Nc1ncc(Cl)c(-c2c[nH]c3ccccc23)n1. The van der Waals surface area contributed by atoms with E-state index in [0.29, 0.717) is 22.4 Å². The van der Waals surface area contributed by atoms with E-state index in [2.05, 4.69) is 20.3 Å². The molecule has 0 atom stereocenters. The first kappa shape index (κ1) is 22.1. The number of para-hydroxylation sites is 1. The normalized spacial score (nSPS) is 18.7. The molecule has 0 aliphatic carbocycles. The van der Waals surface area contributed by atoms with Crippen molar-refractivity contribution in [3.05, 3.63) is 59.9 Å². The van der Waals surface area contributed by atoms with Crippen molar-refractivity contribution in [2.75, 3.05) is 24.8 Å². The van der Waals surface area contributed by atoms with Gasteiger partial charge >= 0.3 is 192 Å². The second-order valence-electron chi connectivity index (χ2n) is 8.55. The van der Waals surface area contributed by atoms with Gasteiger partial charge in [0.1, 0.15) is 0 Å². The Morgan fingerprint density at radius 1 is 1.21 bits per heavy atom. The minimum absolute atomic E-state index is 0.189. The van der Waals surface area contributed by atoms with Gasteiger partial charge in [-0.1, -0.05) is 6.07 Å². The van der Waals surface area contributed by atoms with Gasteiger partial charge in [0.15, 0.2) is 0 Å². The summed E-state index contributed by atoms with van der Waals surface area (Å²) < 4.78 is 5.64. The van der Waals surface area contributed by atoms with Gasteiger partial charge in [0.25, 0.3) is 0 Å². The third-order valence-corrected chi connectivity index (χ3v) is 10.3. The number of fused-ring (bicyclic) bond motifs is 1. The number of aromatic nitrogens is 3. The Balaban J connectivity index is 1.45. The number of H-pyrrole nitrogens is 1. The molecule has 33 heavy (non-hydrogen) atoms. The van der Waals surface area contributed by atoms with Crippen LogP contribution in [0.25, 0.3) is 22.2 Å². The van der Waals surface area contributed by atoms with E-state index < -0.39 is 7.49 Å². The number of methoxy groups -OCH3 is 1. The zero-order valence-electron chi connectivity index (χ0n) is 18.3. The Hall–Kier alpha value is -2.70. The van der Waals surface area contributed by atoms with Gasteiger partial charge in [0.05, 0.1) is 0 Å². The first-order valence-electron chi connectivity index (χ1n) is 11.0. The van der Waals surface area contributed by atoms with Crippen molar-refractivity contribution in [3.63, 3.8) is 0 Å². The second kappa shape index (κ2) is 8.92. The molecule has 1 saturated heterocycles. The summed E-state index contributed by atoms with van der Waals surface area (Å²) in [6.45, 7) is 0. The molecule has 4 aromatic rings. The number of nitrogens with one attached hydrogen (secondary N) is 2. The number of nitrogens with two attached hydrogens (primary N) is 1. The molecule has 0 radical (unpaired) electrons. The van der Waals surface area contributed by atoms with Gasteiger partial charge in [-0.15, -0.1) is 0 Å². The molecule has 1 aliphatic rings. The maximum absolute atomic E-state index is 11.3. The van der Waals surface area contributed by atoms with Crippen LogP contribution in [0, 0.1) is 0 Å². The van der Waals surface area contributed by atoms with Crippen molar-refractivity contribution in [2.24, 2.45) is 5.73 Å². The van der Waals surface area contributed by atoms with Crippen LogP contribution in [-0.4, -0.2) is 45.3 Å². The number of ether oxygens (including phenoxy) is 1. The zero-order valence-corrected chi connectivity index (χ0v) is 20.1. The average Bonchev–Trinajstić information content (AvgIpc) is 3.26. The number of benzene rings is 2. The summed E-state index contributed by atoms with van der Waals surface area (Å²) in [5.41, 5.74) is 9.32. The van der Waals surface area contributed by atoms with Crippen molar-refractivity contribution in [2.45, 2.75) is 18.9 Å². The van der Waals surface area contributed by atoms with Crippen molar-refractivity contribution < 1.29 is 9.63 Å². The van der Waals surface area contributed by atoms with Crippen molar-refractivity contribution in [3.8, 4) is 17.0 Å². The molecule has 3 heterocycles. The van der Waals surface area contributed by atoms with Gasteiger partial charge < -0.3 is 0 Å². The molecule has 1 fully saturated rings. The van der Waals surface area contributed by atoms with E-state index in [-0.39, 0.29) is 6.04 Å². The van der Waals surface area contributed by atoms with Crippen LogP contribution in [0.2, 0.25) is 5.02 Å². The van der Waals surface area contributed by atoms with Gasteiger partial charge in [-0.25, -0.2) is 0 Å². The van der Waals surface area contributed by atoms with Gasteiger partial charge in [-0.3, -0.25) is 0 Å². The third kappa shape index (κ3) is 4.30. The fourth-order valence-corrected chi connectivity index (χ4v) is 8.00. The van der Waals surface area contributed by atoms with E-state index in [1.807, 2.05) is 48.7 Å². The predicted molar refractivity (Wildman–Crippen MR) is 138 cm³/mol. The second-order valence-corrected chi connectivity index (χ2v) is 12.6. The molecule has 0 bridgehead atoms. The summed E-state index contributed by atoms with van der Waals surface area (Å²) in [6, 6.07) is 14.0. The van der Waals surface area contributed by atoms with E-state index in [0.717, 1.165) is 52.6 Å². The van der Waals surface area contributed by atoms with Gasteiger partial charge in [0.2, 0.25) is 0 Å². The van der Waals surface area contributed by atoms with Crippen LogP contribution < -0.4 is 21.1 Å². The Morgan fingerprint density at radius 2 is 2.00 bits per heavy atom. The van der Waals surface area contributed by atoms with Crippen molar-refractivity contribution in [1.82, 2.24) is 15.0 Å². The van der Waals surface area contributed by atoms with Crippen LogP contribution >= 0.6 is 19.1 Å². The summed E-state index contributed by atoms with van der Waals surface area (Å²) in [6.07, 6.45) is 6.77. The van der Waals surface area contributed by atoms with Crippen LogP contribution in [-0.2, 0) is 0 Å². The molecular weight excluding hydrogens is 457 g/mol. The molecule has 7 nitrogen and oxygen atoms in total. The Kier molecular flexibility index (Phi) is 5.97. The average molecular weight is 484 g/mol. The summed E-state index contributed by atoms with van der Waals surface area (Å²) in [5.74, 6) is 1.04. The van der Waals surface area contributed by atoms with E-state index in [4.69, 9.17) is 22.1 Å². The monoisotopic (exact) mass is 483 g/mol. The number of nitrogens with zero attached hydrogens (tertiary/aromatic N) is 2. The molecule has 0 unspecified atom stereocenters. The van der Waals surface area contributed by atoms with Crippen LogP contribution in [0.3, 0.4) is 0 Å². The molecule has 2 aromatic carbocycles. The quantitative estimate of drug-likeness (QED) is 0.313. The Morgan fingerprint density at radius 3 is 2.79 bits per heavy atom. The molecule has 5 N–H and O–H groups in total. The number of hydrogen-bond acceptors (Lipinski definition) is 6. The van der Waals surface area contributed by atoms with Crippen molar-refractivity contribution in [1.29, 1.82) is 0 Å². The third-order valence-electron chi connectivity index (χ3n) is 6.43. The van der Waals surface area contributed by atoms with E-state index in [9.17, 15) is 4.89 Å². The summed E-state index contributed by atoms with van der Waals surface area (Å²) in [7, 11) is -0.918. The number of rotatable bonds is 5. The van der Waals surface area contributed by atoms with Crippen LogP contribution in [0.5, 0.6) is 5.75 Å². The van der Waals surface area contributed by atoms with Crippen molar-refractivity contribution >= 4 is 46.9 Å². The fourth-order valence-electron chi connectivity index (χ4n) is 4.49. The van der Waals surface area contributed by atoms with Crippen LogP contribution in [0.1, 0.15) is 12.8 Å². The molecule has 5 rings (SSSR count). The Labute approximate surface area is 197 Å². The molecule has 9 heteroatoms. The summed E-state index contributed by atoms with van der Waals surface area (Å²) in [5, 5.41) is 5.72. The number of anilines is 2. The molecule has 172 valence electrons. The maximum atomic E-state index is 11.3. The molecule has 0 spiro atoms. The molecule has 0 amide bonds. The number of halogens is 1. The molecular formula is C24H27ClN5O2P. The standard InChI is InChI=1S/C24H27ClN5O2P/c1-32-22-12-16(33(31)10-8-15(26)9-11-33)6-7-21(22)29-24-28-14-19(25)23(30-24)18-13-27-20-5-3-2-4-17(18)20/h2-7,12-15,27,31,33H,8-11,26H2,1H3,(H,28,29,30). The Bertz CT molecular complexity index is 1300. The summed E-state index contributed by atoms with van der Waals surface area (Å²) in [4.78, 5) is 23.6. The van der Waals surface area contributed by atoms with Gasteiger partial charge in [-0.2, -0.15) is 0 Å². The van der Waals surface area contributed by atoms with E-state index >= 15 is 0 Å². The van der Waals surface area contributed by atoms with Gasteiger partial charge in [0, 0.05) is 0 Å². The zero-order chi connectivity index (χ0) is 23.0. The molecule has 0 saturated carbocycles. The number of hydrogen-bond donors (Lipinski definition) is 4. The predicted octanol–water partition coefficient (Wildman–Crippen LogP) is 4.43. The van der Waals surface area contributed by atoms with Gasteiger partial charge in [-0.05, 0) is 0 Å². The minimum atomic E-state index is -2.54. The molecule has 1 aliphatic heterocycles. The molecule has 2 aromatic heterocycles. The topological polar surface area (TPSA) is 109 Å². The van der Waals surface area contributed by atoms with E-state index in [1.165, 1.54) is 0 Å². The van der Waals surface area contributed by atoms with Crippen LogP contribution in [0.15, 0.2) is 54.9 Å². The van der Waals surface area contributed by atoms with E-state index in [1.54, 1.807) is 13.3 Å². The first-order chi connectivity index (χ1) is 16.0. The fraction of sp³-hybridized carbons (Fsp3) is 0.250. The summed E-state index contributed by atoms with van der Waals surface area (Å²) >= 11 is 6.46. The number of aromatic amines is 1. The van der Waals surface area contributed by atoms with Crippen LogP contribution in [0.4, 0.5) is 11.6 Å². The first-order valence-corrected chi connectivity index (χ1v) is 13.7.